The van der Waals surface area contributed by atoms with Gasteiger partial charge in [0.25, 0.3) is 0 Å². The van der Waals surface area contributed by atoms with E-state index in [1.54, 1.807) is 6.07 Å². The minimum Gasteiger partial charge on any atom is -0.191 e. The van der Waals surface area contributed by atoms with Gasteiger partial charge in [0.15, 0.2) is 0 Å². The summed E-state index contributed by atoms with van der Waals surface area (Å²) in [7, 11) is 0. The van der Waals surface area contributed by atoms with Gasteiger partial charge in [-0.25, -0.2) is 0 Å². The lowest BCUT2D eigenvalue weighted by Crippen LogP contribution is -2.34. The van der Waals surface area contributed by atoms with E-state index in [-0.39, 0.29) is 5.69 Å². The molecule has 0 aliphatic rings. The van der Waals surface area contributed by atoms with E-state index >= 15 is 0 Å². The zero-order chi connectivity index (χ0) is 13.8. The van der Waals surface area contributed by atoms with E-state index in [0.29, 0.717) is 0 Å². The van der Waals surface area contributed by atoms with E-state index in [2.05, 4.69) is 10.2 Å². The van der Waals surface area contributed by atoms with Crippen LogP contribution in [0.15, 0.2) is 52.6 Å². The molecule has 1 rings (SSSR count). The molecule has 18 heavy (non-hydrogen) atoms. The van der Waals surface area contributed by atoms with Crippen LogP contribution in [-0.4, -0.2) is 12.1 Å². The Kier molecular flexibility index (Phi) is 4.10. The average Bonchev–Trinajstić information content (AvgIpc) is 2.26. The van der Waals surface area contributed by atoms with Crippen molar-refractivity contribution in [3.8, 4) is 0 Å². The molecule has 0 saturated carbocycles. The van der Waals surface area contributed by atoms with Crippen LogP contribution in [0.25, 0.3) is 0 Å². The van der Waals surface area contributed by atoms with Gasteiger partial charge in [0.1, 0.15) is 0 Å². The SMILES string of the molecule is F/C(=C\C(F)(F)C(F)(F)F)N=Nc1ccccc1. The van der Waals surface area contributed by atoms with Crippen LogP contribution in [0.4, 0.5) is 32.0 Å². The molecule has 8 heteroatoms. The molecule has 0 atom stereocenters. The first kappa shape index (κ1) is 14.2. The lowest BCUT2D eigenvalue weighted by Gasteiger charge is -2.14. The van der Waals surface area contributed by atoms with Gasteiger partial charge in [-0.2, -0.15) is 26.3 Å². The van der Waals surface area contributed by atoms with Gasteiger partial charge in [-0.3, -0.25) is 0 Å². The van der Waals surface area contributed by atoms with Crippen LogP contribution in [0.3, 0.4) is 0 Å². The third kappa shape index (κ3) is 3.86. The zero-order valence-corrected chi connectivity index (χ0v) is 8.63. The van der Waals surface area contributed by atoms with Gasteiger partial charge in [0, 0.05) is 0 Å². The van der Waals surface area contributed by atoms with Crippen LogP contribution >= 0.6 is 0 Å². The maximum atomic E-state index is 12.7. The number of rotatable bonds is 3. The number of azo groups is 1. The van der Waals surface area contributed by atoms with Crippen molar-refractivity contribution in [2.75, 3.05) is 0 Å². The molecule has 0 aromatic heterocycles. The molecule has 0 heterocycles. The van der Waals surface area contributed by atoms with Crippen molar-refractivity contribution in [1.29, 1.82) is 0 Å². The minimum atomic E-state index is -5.87. The standard InChI is InChI=1S/C10H6F6N2/c11-8(6-9(12,13)10(14,15)16)18-17-7-4-2-1-3-5-7/h1-6H/b8-6+,18-17?. The normalized spacial score (nSPS) is 14.2. The summed E-state index contributed by atoms with van der Waals surface area (Å²) >= 11 is 0. The summed E-state index contributed by atoms with van der Waals surface area (Å²) in [6.45, 7) is 0. The largest absolute Gasteiger partial charge is 0.457 e. The van der Waals surface area contributed by atoms with E-state index in [1.807, 2.05) is 0 Å². The second-order valence-corrected chi connectivity index (χ2v) is 3.12. The lowest BCUT2D eigenvalue weighted by atomic mass is 10.3. The summed E-state index contributed by atoms with van der Waals surface area (Å²) in [6.07, 6.45) is -6.80. The predicted molar refractivity (Wildman–Crippen MR) is 51.2 cm³/mol. The van der Waals surface area contributed by atoms with Crippen LogP contribution in [0.1, 0.15) is 0 Å². The molecule has 0 amide bonds. The second kappa shape index (κ2) is 5.19. The molecule has 1 aromatic carbocycles. The van der Waals surface area contributed by atoms with Gasteiger partial charge >= 0.3 is 12.1 Å². The van der Waals surface area contributed by atoms with E-state index < -0.39 is 24.1 Å². The van der Waals surface area contributed by atoms with Gasteiger partial charge in [-0.05, 0) is 12.1 Å². The summed E-state index contributed by atoms with van der Waals surface area (Å²) in [5.41, 5.74) is 0.122. The molecule has 98 valence electrons. The van der Waals surface area contributed by atoms with Gasteiger partial charge < -0.3 is 0 Å². The second-order valence-electron chi connectivity index (χ2n) is 3.12. The maximum Gasteiger partial charge on any atom is 0.457 e. The zero-order valence-electron chi connectivity index (χ0n) is 8.63. The molecule has 1 aromatic rings. The van der Waals surface area contributed by atoms with Crippen molar-refractivity contribution in [3.63, 3.8) is 0 Å². The fraction of sp³-hybridized carbons (Fsp3) is 0.200. The molecule has 0 unspecified atom stereocenters. The van der Waals surface area contributed by atoms with Gasteiger partial charge in [-0.1, -0.05) is 18.2 Å². The van der Waals surface area contributed by atoms with Crippen LogP contribution in [0, 0.1) is 0 Å². The number of benzene rings is 1. The smallest absolute Gasteiger partial charge is 0.191 e. The quantitative estimate of drug-likeness (QED) is 0.428. The minimum absolute atomic E-state index is 0.122. The molecule has 0 aliphatic carbocycles. The fourth-order valence-corrected chi connectivity index (χ4v) is 0.860. The van der Waals surface area contributed by atoms with E-state index in [4.69, 9.17) is 0 Å². The van der Waals surface area contributed by atoms with Crippen molar-refractivity contribution < 1.29 is 26.3 Å². The number of hydrogen-bond acceptors (Lipinski definition) is 2. The number of nitrogens with zero attached hydrogens (tertiary/aromatic N) is 2. The highest BCUT2D eigenvalue weighted by Crippen LogP contribution is 2.37. The van der Waals surface area contributed by atoms with Gasteiger partial charge in [-0.15, -0.1) is 10.2 Å². The van der Waals surface area contributed by atoms with Crippen LogP contribution < -0.4 is 0 Å². The Balaban J connectivity index is 2.83. The number of halogens is 6. The molecule has 0 radical (unpaired) electrons. The van der Waals surface area contributed by atoms with Gasteiger partial charge in [0.05, 0.1) is 11.8 Å². The first-order chi connectivity index (χ1) is 8.22. The Bertz CT molecular complexity index is 449. The molecule has 0 bridgehead atoms. The topological polar surface area (TPSA) is 24.7 Å². The molecule has 2 nitrogen and oxygen atoms in total. The number of allylic oxidation sites excluding steroid dienone is 1. The summed E-state index contributed by atoms with van der Waals surface area (Å²) < 4.78 is 72.6. The average molecular weight is 268 g/mol. The Morgan fingerprint density at radius 2 is 1.56 bits per heavy atom. The Labute approximate surface area is 97.6 Å². The molecule has 0 saturated heterocycles. The lowest BCUT2D eigenvalue weighted by molar-refractivity contribution is -0.259. The van der Waals surface area contributed by atoms with Crippen molar-refractivity contribution in [3.05, 3.63) is 42.4 Å². The third-order valence-corrected chi connectivity index (χ3v) is 1.70. The highest BCUT2D eigenvalue weighted by Gasteiger charge is 2.56. The molecule has 0 fully saturated rings. The molecule has 0 N–H and O–H groups in total. The van der Waals surface area contributed by atoms with Crippen molar-refractivity contribution >= 4 is 5.69 Å². The molecule has 0 aliphatic heterocycles. The Morgan fingerprint density at radius 1 is 1.00 bits per heavy atom. The number of hydrogen-bond donors (Lipinski definition) is 0. The van der Waals surface area contributed by atoms with Crippen LogP contribution in [-0.2, 0) is 0 Å². The van der Waals surface area contributed by atoms with Crippen molar-refractivity contribution in [2.45, 2.75) is 12.1 Å². The summed E-state index contributed by atoms with van der Waals surface area (Å²) in [6, 6.07) is 7.39. The first-order valence-corrected chi connectivity index (χ1v) is 4.52. The molecular weight excluding hydrogens is 262 g/mol. The Morgan fingerprint density at radius 3 is 2.06 bits per heavy atom. The molecule has 0 spiro atoms. The monoisotopic (exact) mass is 268 g/mol. The van der Waals surface area contributed by atoms with Crippen LogP contribution in [0.2, 0.25) is 0 Å². The highest BCUT2D eigenvalue weighted by atomic mass is 19.4. The summed E-state index contributed by atoms with van der Waals surface area (Å²) in [5, 5.41) is 5.79. The first-order valence-electron chi connectivity index (χ1n) is 4.52. The summed E-state index contributed by atoms with van der Waals surface area (Å²) in [4.78, 5) is 0. The van der Waals surface area contributed by atoms with Gasteiger partial charge in [0.2, 0.25) is 5.95 Å². The predicted octanol–water partition coefficient (Wildman–Crippen LogP) is 4.78. The fourth-order valence-electron chi connectivity index (χ4n) is 0.860. The third-order valence-electron chi connectivity index (χ3n) is 1.70. The summed E-state index contributed by atoms with van der Waals surface area (Å²) in [5.74, 6) is -7.30. The van der Waals surface area contributed by atoms with E-state index in [0.717, 1.165) is 0 Å². The number of alkyl halides is 5. The highest BCUT2D eigenvalue weighted by molar-refractivity contribution is 5.34. The van der Waals surface area contributed by atoms with E-state index in [9.17, 15) is 26.3 Å². The van der Waals surface area contributed by atoms with E-state index in [1.165, 1.54) is 24.3 Å². The van der Waals surface area contributed by atoms with Crippen molar-refractivity contribution in [1.82, 2.24) is 0 Å². The Hall–Kier alpha value is -1.86. The van der Waals surface area contributed by atoms with Crippen molar-refractivity contribution in [2.24, 2.45) is 10.2 Å². The van der Waals surface area contributed by atoms with Crippen LogP contribution in [0.5, 0.6) is 0 Å². The molecular formula is C10H6F6N2. The maximum absolute atomic E-state index is 12.7.